The van der Waals surface area contributed by atoms with E-state index < -0.39 is 5.97 Å². The van der Waals surface area contributed by atoms with Gasteiger partial charge in [0.05, 0.1) is 17.8 Å². The minimum absolute atomic E-state index is 0.295. The van der Waals surface area contributed by atoms with Gasteiger partial charge in [-0.25, -0.2) is 9.18 Å². The van der Waals surface area contributed by atoms with Crippen molar-refractivity contribution < 1.29 is 13.9 Å². The Morgan fingerprint density at radius 1 is 1.50 bits per heavy atom. The van der Waals surface area contributed by atoms with Gasteiger partial charge in [0.2, 0.25) is 0 Å². The molecule has 1 heterocycles. The summed E-state index contributed by atoms with van der Waals surface area (Å²) in [6.07, 6.45) is 1.39. The quantitative estimate of drug-likeness (QED) is 0.848. The van der Waals surface area contributed by atoms with E-state index in [2.05, 4.69) is 10.3 Å². The van der Waals surface area contributed by atoms with E-state index in [4.69, 9.17) is 4.74 Å². The van der Waals surface area contributed by atoms with Gasteiger partial charge in [-0.2, -0.15) is 0 Å². The predicted octanol–water partition coefficient (Wildman–Crippen LogP) is 2.59. The molecule has 0 saturated heterocycles. The number of fused-ring (bicyclic) bond motifs is 1. The van der Waals surface area contributed by atoms with Crippen molar-refractivity contribution >= 4 is 22.6 Å². The molecule has 0 aliphatic carbocycles. The van der Waals surface area contributed by atoms with Crippen LogP contribution in [0.1, 0.15) is 17.3 Å². The molecule has 0 radical (unpaired) electrons. The van der Waals surface area contributed by atoms with Crippen LogP contribution in [0.15, 0.2) is 24.4 Å². The molecule has 4 nitrogen and oxygen atoms in total. The molecule has 0 aliphatic rings. The van der Waals surface area contributed by atoms with E-state index in [1.807, 2.05) is 0 Å². The van der Waals surface area contributed by atoms with E-state index in [9.17, 15) is 9.18 Å². The van der Waals surface area contributed by atoms with Crippen molar-refractivity contribution in [3.05, 3.63) is 35.8 Å². The standard InChI is InChI=1S/C13H13FN2O2/c1-3-18-13(17)10-7-16-11-6-8(14)4-5-9(11)12(10)15-2/h4-7H,3H2,1-2H3,(H,15,16). The summed E-state index contributed by atoms with van der Waals surface area (Å²) in [5.74, 6) is -0.804. The third-order valence-electron chi connectivity index (χ3n) is 2.58. The van der Waals surface area contributed by atoms with Gasteiger partial charge >= 0.3 is 5.97 Å². The number of carbonyl (C=O) groups is 1. The lowest BCUT2D eigenvalue weighted by Gasteiger charge is -2.11. The lowest BCUT2D eigenvalue weighted by molar-refractivity contribution is 0.0527. The third-order valence-corrected chi connectivity index (χ3v) is 2.58. The Kier molecular flexibility index (Phi) is 3.41. The fraction of sp³-hybridized carbons (Fsp3) is 0.231. The van der Waals surface area contributed by atoms with Crippen molar-refractivity contribution in [3.63, 3.8) is 0 Å². The minimum atomic E-state index is -0.444. The molecule has 2 aromatic rings. The summed E-state index contributed by atoms with van der Waals surface area (Å²) < 4.78 is 18.1. The van der Waals surface area contributed by atoms with Gasteiger partial charge < -0.3 is 10.1 Å². The van der Waals surface area contributed by atoms with Gasteiger partial charge in [0.1, 0.15) is 11.4 Å². The molecule has 0 atom stereocenters. The summed E-state index contributed by atoms with van der Waals surface area (Å²) in [5, 5.41) is 3.62. The summed E-state index contributed by atoms with van der Waals surface area (Å²) in [6, 6.07) is 4.25. The molecular weight excluding hydrogens is 235 g/mol. The summed E-state index contributed by atoms with van der Waals surface area (Å²) in [5.41, 5.74) is 1.43. The fourth-order valence-corrected chi connectivity index (χ4v) is 1.80. The first kappa shape index (κ1) is 12.3. The second kappa shape index (κ2) is 5.00. The number of pyridine rings is 1. The normalized spacial score (nSPS) is 10.4. The highest BCUT2D eigenvalue weighted by molar-refractivity contribution is 6.04. The van der Waals surface area contributed by atoms with E-state index in [0.717, 1.165) is 0 Å². The molecule has 0 amide bonds. The fourth-order valence-electron chi connectivity index (χ4n) is 1.80. The molecule has 0 aliphatic heterocycles. The van der Waals surface area contributed by atoms with Gasteiger partial charge in [0, 0.05) is 24.7 Å². The molecule has 1 aromatic carbocycles. The van der Waals surface area contributed by atoms with Gasteiger partial charge in [-0.1, -0.05) is 0 Å². The number of nitrogens with one attached hydrogen (secondary N) is 1. The summed E-state index contributed by atoms with van der Waals surface area (Å²) in [6.45, 7) is 2.03. The van der Waals surface area contributed by atoms with Crippen LogP contribution < -0.4 is 5.32 Å². The number of nitrogens with zero attached hydrogens (tertiary/aromatic N) is 1. The topological polar surface area (TPSA) is 51.2 Å². The highest BCUT2D eigenvalue weighted by atomic mass is 19.1. The van der Waals surface area contributed by atoms with Gasteiger partial charge in [0.15, 0.2) is 0 Å². The average Bonchev–Trinajstić information content (AvgIpc) is 2.37. The number of carbonyl (C=O) groups excluding carboxylic acids is 1. The lowest BCUT2D eigenvalue weighted by atomic mass is 10.1. The number of halogens is 1. The largest absolute Gasteiger partial charge is 0.462 e. The van der Waals surface area contributed by atoms with Crippen molar-refractivity contribution in [2.45, 2.75) is 6.92 Å². The second-order valence-electron chi connectivity index (χ2n) is 3.68. The number of aromatic nitrogens is 1. The first-order chi connectivity index (χ1) is 8.67. The van der Waals surface area contributed by atoms with Crippen LogP contribution in [0.5, 0.6) is 0 Å². The highest BCUT2D eigenvalue weighted by Crippen LogP contribution is 2.26. The number of ether oxygens (including phenoxy) is 1. The molecule has 0 spiro atoms. The lowest BCUT2D eigenvalue weighted by Crippen LogP contribution is -2.09. The molecule has 5 heteroatoms. The number of anilines is 1. The van der Waals surface area contributed by atoms with Crippen LogP contribution >= 0.6 is 0 Å². The van der Waals surface area contributed by atoms with Crippen LogP contribution in [0.4, 0.5) is 10.1 Å². The van der Waals surface area contributed by atoms with Crippen molar-refractivity contribution in [2.75, 3.05) is 19.0 Å². The SMILES string of the molecule is CCOC(=O)c1cnc2cc(F)ccc2c1NC. The highest BCUT2D eigenvalue weighted by Gasteiger charge is 2.15. The van der Waals surface area contributed by atoms with Crippen molar-refractivity contribution in [2.24, 2.45) is 0 Å². The maximum absolute atomic E-state index is 13.1. The zero-order chi connectivity index (χ0) is 13.1. The number of benzene rings is 1. The maximum atomic E-state index is 13.1. The molecule has 0 unspecified atom stereocenters. The molecule has 2 rings (SSSR count). The Hall–Kier alpha value is -2.17. The van der Waals surface area contributed by atoms with Crippen molar-refractivity contribution in [3.8, 4) is 0 Å². The van der Waals surface area contributed by atoms with Crippen molar-refractivity contribution in [1.82, 2.24) is 4.98 Å². The Balaban J connectivity index is 2.62. The second-order valence-corrected chi connectivity index (χ2v) is 3.68. The number of hydrogen-bond acceptors (Lipinski definition) is 4. The first-order valence-electron chi connectivity index (χ1n) is 5.60. The molecule has 18 heavy (non-hydrogen) atoms. The number of hydrogen-bond donors (Lipinski definition) is 1. The van der Waals surface area contributed by atoms with E-state index in [1.165, 1.54) is 18.3 Å². The van der Waals surface area contributed by atoms with Gasteiger partial charge in [0.25, 0.3) is 0 Å². The Labute approximate surface area is 104 Å². The molecule has 0 bridgehead atoms. The van der Waals surface area contributed by atoms with Gasteiger partial charge in [-0.05, 0) is 19.1 Å². The molecule has 1 N–H and O–H groups in total. The van der Waals surface area contributed by atoms with Gasteiger partial charge in [-0.3, -0.25) is 4.98 Å². The summed E-state index contributed by atoms with van der Waals surface area (Å²) in [7, 11) is 1.70. The zero-order valence-corrected chi connectivity index (χ0v) is 10.2. The molecule has 0 fully saturated rings. The van der Waals surface area contributed by atoms with E-state index in [0.29, 0.717) is 28.8 Å². The average molecular weight is 248 g/mol. The smallest absolute Gasteiger partial charge is 0.341 e. The number of rotatable bonds is 3. The van der Waals surface area contributed by atoms with E-state index >= 15 is 0 Å². The monoisotopic (exact) mass is 248 g/mol. The van der Waals surface area contributed by atoms with Crippen LogP contribution in [0.25, 0.3) is 10.9 Å². The molecular formula is C13H13FN2O2. The first-order valence-corrected chi connectivity index (χ1v) is 5.60. The Morgan fingerprint density at radius 3 is 2.94 bits per heavy atom. The number of esters is 1. The van der Waals surface area contributed by atoms with Gasteiger partial charge in [-0.15, -0.1) is 0 Å². The minimum Gasteiger partial charge on any atom is -0.462 e. The maximum Gasteiger partial charge on any atom is 0.341 e. The van der Waals surface area contributed by atoms with Crippen molar-refractivity contribution in [1.29, 1.82) is 0 Å². The summed E-state index contributed by atoms with van der Waals surface area (Å²) >= 11 is 0. The van der Waals surface area contributed by atoms with Crippen LogP contribution in [0, 0.1) is 5.82 Å². The van der Waals surface area contributed by atoms with Crippen LogP contribution in [-0.2, 0) is 4.74 Å². The van der Waals surface area contributed by atoms with E-state index in [-0.39, 0.29) is 5.82 Å². The Morgan fingerprint density at radius 2 is 2.28 bits per heavy atom. The summed E-state index contributed by atoms with van der Waals surface area (Å²) in [4.78, 5) is 15.8. The van der Waals surface area contributed by atoms with Crippen LogP contribution in [0.3, 0.4) is 0 Å². The third kappa shape index (κ3) is 2.11. The predicted molar refractivity (Wildman–Crippen MR) is 67.2 cm³/mol. The van der Waals surface area contributed by atoms with Crippen LogP contribution in [-0.4, -0.2) is 24.6 Å². The molecule has 0 saturated carbocycles. The zero-order valence-electron chi connectivity index (χ0n) is 10.2. The molecule has 94 valence electrons. The Bertz CT molecular complexity index is 599. The molecule has 1 aromatic heterocycles. The van der Waals surface area contributed by atoms with E-state index in [1.54, 1.807) is 20.0 Å². The van der Waals surface area contributed by atoms with Crippen LogP contribution in [0.2, 0.25) is 0 Å².